The molecule has 6 nitrogen and oxygen atoms in total. The molecule has 0 bridgehead atoms. The predicted molar refractivity (Wildman–Crippen MR) is 116 cm³/mol. The van der Waals surface area contributed by atoms with Gasteiger partial charge in [0.25, 0.3) is 0 Å². The molecule has 0 spiro atoms. The van der Waals surface area contributed by atoms with E-state index >= 15 is 0 Å². The van der Waals surface area contributed by atoms with Crippen LogP contribution in [-0.2, 0) is 14.3 Å². The van der Waals surface area contributed by atoms with Gasteiger partial charge in [0.05, 0.1) is 24.0 Å². The Labute approximate surface area is 182 Å². The van der Waals surface area contributed by atoms with Crippen LogP contribution in [0.15, 0.2) is 29.2 Å². The van der Waals surface area contributed by atoms with Gasteiger partial charge in [-0.15, -0.1) is 23.1 Å². The number of hydrogen-bond donors (Lipinski definition) is 1. The van der Waals surface area contributed by atoms with E-state index in [0.717, 1.165) is 16.2 Å². The minimum absolute atomic E-state index is 0.178. The highest BCUT2D eigenvalue weighted by molar-refractivity contribution is 8.00. The molecule has 29 heavy (non-hydrogen) atoms. The van der Waals surface area contributed by atoms with Crippen molar-refractivity contribution in [1.82, 2.24) is 0 Å². The van der Waals surface area contributed by atoms with Gasteiger partial charge in [0, 0.05) is 9.92 Å². The minimum Gasteiger partial charge on any atom is -0.462 e. The molecule has 1 atom stereocenters. The Kier molecular flexibility index (Phi) is 8.55. The SMILES string of the molecule is CCOC(=O)c1sc(NC(=O)C(C)Sc2ccc(Cl)cc2)c(C(=O)OCC)c1C. The van der Waals surface area contributed by atoms with Crippen LogP contribution in [0, 0.1) is 6.92 Å². The van der Waals surface area contributed by atoms with Crippen LogP contribution in [0.25, 0.3) is 0 Å². The molecule has 1 aromatic heterocycles. The van der Waals surface area contributed by atoms with Crippen molar-refractivity contribution in [3.63, 3.8) is 0 Å². The van der Waals surface area contributed by atoms with E-state index in [4.69, 9.17) is 21.1 Å². The van der Waals surface area contributed by atoms with Crippen molar-refractivity contribution in [3.05, 3.63) is 45.3 Å². The van der Waals surface area contributed by atoms with Crippen molar-refractivity contribution in [2.24, 2.45) is 0 Å². The maximum absolute atomic E-state index is 12.7. The molecule has 0 aliphatic rings. The van der Waals surface area contributed by atoms with Crippen molar-refractivity contribution in [2.45, 2.75) is 37.8 Å². The lowest BCUT2D eigenvalue weighted by molar-refractivity contribution is -0.115. The number of nitrogens with one attached hydrogen (secondary N) is 1. The average molecular weight is 456 g/mol. The van der Waals surface area contributed by atoms with E-state index in [1.165, 1.54) is 11.8 Å². The molecular formula is C20H22ClNO5S2. The number of ether oxygens (including phenoxy) is 2. The summed E-state index contributed by atoms with van der Waals surface area (Å²) < 4.78 is 10.1. The monoisotopic (exact) mass is 455 g/mol. The van der Waals surface area contributed by atoms with E-state index < -0.39 is 17.2 Å². The summed E-state index contributed by atoms with van der Waals surface area (Å²) in [6, 6.07) is 7.16. The number of hydrogen-bond acceptors (Lipinski definition) is 7. The molecule has 9 heteroatoms. The molecule has 156 valence electrons. The number of benzene rings is 1. The van der Waals surface area contributed by atoms with Gasteiger partial charge in [-0.3, -0.25) is 4.79 Å². The molecule has 2 rings (SSSR count). The Morgan fingerprint density at radius 2 is 1.69 bits per heavy atom. The summed E-state index contributed by atoms with van der Waals surface area (Å²) in [4.78, 5) is 38.5. The van der Waals surface area contributed by atoms with Gasteiger partial charge in [0.2, 0.25) is 5.91 Å². The minimum atomic E-state index is -0.592. The fraction of sp³-hybridized carbons (Fsp3) is 0.350. The fourth-order valence-electron chi connectivity index (χ4n) is 2.43. The van der Waals surface area contributed by atoms with Crippen LogP contribution >= 0.6 is 34.7 Å². The van der Waals surface area contributed by atoms with E-state index in [1.54, 1.807) is 39.8 Å². The van der Waals surface area contributed by atoms with Crippen LogP contribution in [0.3, 0.4) is 0 Å². The van der Waals surface area contributed by atoms with Gasteiger partial charge in [0.15, 0.2) is 0 Å². The normalized spacial score (nSPS) is 11.6. The lowest BCUT2D eigenvalue weighted by atomic mass is 10.1. The lowest BCUT2D eigenvalue weighted by Crippen LogP contribution is -2.23. The third-order valence-electron chi connectivity index (χ3n) is 3.82. The average Bonchev–Trinajstić information content (AvgIpc) is 3.00. The second kappa shape index (κ2) is 10.7. The van der Waals surface area contributed by atoms with Crippen molar-refractivity contribution in [1.29, 1.82) is 0 Å². The molecule has 2 aromatic rings. The second-order valence-corrected chi connectivity index (χ2v) is 8.78. The van der Waals surface area contributed by atoms with Gasteiger partial charge in [0.1, 0.15) is 9.88 Å². The number of carbonyl (C=O) groups is 3. The van der Waals surface area contributed by atoms with E-state index in [2.05, 4.69) is 5.32 Å². The van der Waals surface area contributed by atoms with Crippen molar-refractivity contribution in [3.8, 4) is 0 Å². The first kappa shape index (κ1) is 23.3. The van der Waals surface area contributed by atoms with Crippen LogP contribution in [0.2, 0.25) is 5.02 Å². The summed E-state index contributed by atoms with van der Waals surface area (Å²) >= 11 is 8.25. The molecule has 1 N–H and O–H groups in total. The Bertz CT molecular complexity index is 895. The highest BCUT2D eigenvalue weighted by Gasteiger charge is 2.28. The molecule has 0 radical (unpaired) electrons. The van der Waals surface area contributed by atoms with Gasteiger partial charge >= 0.3 is 11.9 Å². The predicted octanol–water partition coefficient (Wildman–Crippen LogP) is 5.18. The number of thioether (sulfide) groups is 1. The number of carbonyl (C=O) groups excluding carboxylic acids is 3. The molecule has 0 saturated heterocycles. The first-order valence-corrected chi connectivity index (χ1v) is 11.1. The smallest absolute Gasteiger partial charge is 0.348 e. The molecule has 0 aliphatic carbocycles. The van der Waals surface area contributed by atoms with E-state index in [1.807, 2.05) is 12.1 Å². The quantitative estimate of drug-likeness (QED) is 0.436. The zero-order valence-corrected chi connectivity index (χ0v) is 18.9. The number of anilines is 1. The maximum Gasteiger partial charge on any atom is 0.348 e. The van der Waals surface area contributed by atoms with Crippen LogP contribution in [-0.4, -0.2) is 36.3 Å². The Morgan fingerprint density at radius 3 is 2.28 bits per heavy atom. The van der Waals surface area contributed by atoms with E-state index in [-0.39, 0.29) is 34.6 Å². The van der Waals surface area contributed by atoms with Gasteiger partial charge < -0.3 is 14.8 Å². The molecule has 1 aromatic carbocycles. The summed E-state index contributed by atoms with van der Waals surface area (Å²) in [6.45, 7) is 7.17. The van der Waals surface area contributed by atoms with Crippen molar-refractivity contribution in [2.75, 3.05) is 18.5 Å². The van der Waals surface area contributed by atoms with E-state index in [9.17, 15) is 14.4 Å². The highest BCUT2D eigenvalue weighted by atomic mass is 35.5. The summed E-state index contributed by atoms with van der Waals surface area (Å²) in [5, 5.41) is 3.21. The molecule has 1 unspecified atom stereocenters. The lowest BCUT2D eigenvalue weighted by Gasteiger charge is -2.12. The molecule has 0 saturated carbocycles. The summed E-state index contributed by atoms with van der Waals surface area (Å²) in [5.41, 5.74) is 0.608. The zero-order chi connectivity index (χ0) is 21.6. The molecule has 0 aliphatic heterocycles. The molecule has 1 amide bonds. The number of halogens is 1. The van der Waals surface area contributed by atoms with Gasteiger partial charge in [-0.1, -0.05) is 11.6 Å². The van der Waals surface area contributed by atoms with Crippen LogP contribution in [0.1, 0.15) is 46.4 Å². The van der Waals surface area contributed by atoms with Gasteiger partial charge in [-0.05, 0) is 57.5 Å². The van der Waals surface area contributed by atoms with Crippen LogP contribution in [0.4, 0.5) is 5.00 Å². The van der Waals surface area contributed by atoms with E-state index in [0.29, 0.717) is 10.6 Å². The Balaban J connectivity index is 2.25. The maximum atomic E-state index is 12.7. The second-order valence-electron chi connectivity index (χ2n) is 5.90. The van der Waals surface area contributed by atoms with Crippen molar-refractivity contribution >= 4 is 57.5 Å². The molecule has 0 fully saturated rings. The molecular weight excluding hydrogens is 434 g/mol. The summed E-state index contributed by atoms with van der Waals surface area (Å²) in [7, 11) is 0. The zero-order valence-electron chi connectivity index (χ0n) is 16.5. The fourth-order valence-corrected chi connectivity index (χ4v) is 4.51. The standard InChI is InChI=1S/C20H22ClNO5S2/c1-5-26-19(24)15-11(3)16(20(25)27-6-2)29-18(15)22-17(23)12(4)28-14-9-7-13(21)8-10-14/h7-10,12H,5-6H2,1-4H3,(H,22,23). The summed E-state index contributed by atoms with van der Waals surface area (Å²) in [6.07, 6.45) is 0. The Morgan fingerprint density at radius 1 is 1.10 bits per heavy atom. The summed E-state index contributed by atoms with van der Waals surface area (Å²) in [5.74, 6) is -1.43. The first-order chi connectivity index (χ1) is 13.8. The van der Waals surface area contributed by atoms with Crippen molar-refractivity contribution < 1.29 is 23.9 Å². The van der Waals surface area contributed by atoms with Gasteiger partial charge in [-0.25, -0.2) is 9.59 Å². The van der Waals surface area contributed by atoms with Gasteiger partial charge in [-0.2, -0.15) is 0 Å². The number of amides is 1. The number of thiophene rings is 1. The highest BCUT2D eigenvalue weighted by Crippen LogP contribution is 2.35. The number of rotatable bonds is 8. The topological polar surface area (TPSA) is 81.7 Å². The largest absolute Gasteiger partial charge is 0.462 e. The molecule has 1 heterocycles. The first-order valence-electron chi connectivity index (χ1n) is 8.99. The third-order valence-corrected chi connectivity index (χ3v) is 6.37. The Hall–Kier alpha value is -2.03. The third kappa shape index (κ3) is 5.98. The van der Waals surface area contributed by atoms with Crippen LogP contribution < -0.4 is 5.32 Å². The number of esters is 2. The van der Waals surface area contributed by atoms with Crippen LogP contribution in [0.5, 0.6) is 0 Å².